The van der Waals surface area contributed by atoms with Gasteiger partial charge < -0.3 is 14.6 Å². The summed E-state index contributed by atoms with van der Waals surface area (Å²) >= 11 is 0. The molecule has 3 rings (SSSR count). The van der Waals surface area contributed by atoms with Gasteiger partial charge in [0.25, 0.3) is 5.91 Å². The Morgan fingerprint density at radius 2 is 1.69 bits per heavy atom. The lowest BCUT2D eigenvalue weighted by Crippen LogP contribution is -2.49. The Bertz CT molecular complexity index is 1120. The lowest BCUT2D eigenvalue weighted by molar-refractivity contribution is -0.136. The number of hydroxylamine groups is 1. The average Bonchev–Trinajstić information content (AvgIpc) is 3.18. The summed E-state index contributed by atoms with van der Waals surface area (Å²) < 4.78 is 7.67. The van der Waals surface area contributed by atoms with Crippen LogP contribution in [0.25, 0.3) is 10.9 Å². The maximum Gasteiger partial charge on any atom is 0.408 e. The normalized spacial score (nSPS) is 12.3. The van der Waals surface area contributed by atoms with Gasteiger partial charge in [0.1, 0.15) is 11.6 Å². The first-order chi connectivity index (χ1) is 17.3. The van der Waals surface area contributed by atoms with Crippen molar-refractivity contribution in [3.63, 3.8) is 0 Å². The molecule has 36 heavy (non-hydrogen) atoms. The predicted octanol–water partition coefficient (Wildman–Crippen LogP) is 5.91. The molecule has 0 saturated heterocycles. The standard InChI is InChI=1S/C29H39N3O4/c1-5-6-7-13-18-32-20-23(24-16-11-12-17-26(24)32)19-25(30-28(34)36-29(2,3)4)27(33)31-35-21-22-14-9-8-10-15-22/h8-12,14-17,20,25H,5-7,13,18-19,21H2,1-4H3,(H,30,34)(H,31,33)/t25-/m0/s1. The fourth-order valence-electron chi connectivity index (χ4n) is 4.09. The minimum absolute atomic E-state index is 0.225. The number of alkyl carbamates (subject to hydrolysis) is 1. The molecule has 194 valence electrons. The van der Waals surface area contributed by atoms with Gasteiger partial charge in [-0.25, -0.2) is 10.3 Å². The Labute approximate surface area is 214 Å². The summed E-state index contributed by atoms with van der Waals surface area (Å²) in [5.41, 5.74) is 4.87. The zero-order valence-electron chi connectivity index (χ0n) is 21.9. The Hall–Kier alpha value is -3.32. The van der Waals surface area contributed by atoms with Crippen molar-refractivity contribution in [2.45, 2.75) is 84.6 Å². The van der Waals surface area contributed by atoms with E-state index in [0.717, 1.165) is 35.0 Å². The molecule has 1 atom stereocenters. The number of para-hydroxylation sites is 1. The van der Waals surface area contributed by atoms with E-state index in [-0.39, 0.29) is 6.61 Å². The van der Waals surface area contributed by atoms with E-state index in [1.54, 1.807) is 20.8 Å². The van der Waals surface area contributed by atoms with Crippen molar-refractivity contribution >= 4 is 22.9 Å². The molecule has 2 aromatic carbocycles. The van der Waals surface area contributed by atoms with E-state index in [1.165, 1.54) is 19.3 Å². The maximum atomic E-state index is 13.1. The lowest BCUT2D eigenvalue weighted by Gasteiger charge is -2.23. The molecular weight excluding hydrogens is 454 g/mol. The number of ether oxygens (including phenoxy) is 1. The summed E-state index contributed by atoms with van der Waals surface area (Å²) in [7, 11) is 0. The zero-order chi connectivity index (χ0) is 26.0. The fraction of sp³-hybridized carbons (Fsp3) is 0.448. The number of benzene rings is 2. The van der Waals surface area contributed by atoms with Gasteiger partial charge in [0.15, 0.2) is 0 Å². The number of fused-ring (bicyclic) bond motifs is 1. The first-order valence-corrected chi connectivity index (χ1v) is 12.8. The van der Waals surface area contributed by atoms with Gasteiger partial charge in [-0.15, -0.1) is 0 Å². The molecule has 0 aliphatic heterocycles. The smallest absolute Gasteiger partial charge is 0.408 e. The van der Waals surface area contributed by atoms with Crippen LogP contribution in [0.2, 0.25) is 0 Å². The number of carbonyl (C=O) groups excluding carboxylic acids is 2. The zero-order valence-corrected chi connectivity index (χ0v) is 21.9. The Morgan fingerprint density at radius 1 is 0.972 bits per heavy atom. The summed E-state index contributed by atoms with van der Waals surface area (Å²) in [6, 6.07) is 16.9. The van der Waals surface area contributed by atoms with Crippen LogP contribution < -0.4 is 10.8 Å². The highest BCUT2D eigenvalue weighted by atomic mass is 16.7. The third-order valence-corrected chi connectivity index (χ3v) is 5.81. The van der Waals surface area contributed by atoms with E-state index in [0.29, 0.717) is 6.42 Å². The van der Waals surface area contributed by atoms with Gasteiger partial charge in [-0.05, 0) is 44.4 Å². The second-order valence-corrected chi connectivity index (χ2v) is 10.1. The number of nitrogens with one attached hydrogen (secondary N) is 2. The second-order valence-electron chi connectivity index (χ2n) is 10.1. The number of carbonyl (C=O) groups is 2. The van der Waals surface area contributed by atoms with Gasteiger partial charge in [0, 0.05) is 30.1 Å². The SMILES string of the molecule is CCCCCCn1cc(C[C@H](NC(=O)OC(C)(C)C)C(=O)NOCc2ccccc2)c2ccccc21. The van der Waals surface area contributed by atoms with E-state index in [1.807, 2.05) is 42.5 Å². The third kappa shape index (κ3) is 8.41. The molecule has 7 heteroatoms. The molecule has 1 heterocycles. The van der Waals surface area contributed by atoms with Crippen molar-refractivity contribution in [2.75, 3.05) is 0 Å². The van der Waals surface area contributed by atoms with E-state index in [4.69, 9.17) is 9.57 Å². The molecule has 3 aromatic rings. The van der Waals surface area contributed by atoms with Crippen LogP contribution in [-0.4, -0.2) is 28.2 Å². The van der Waals surface area contributed by atoms with Gasteiger partial charge in [0.2, 0.25) is 0 Å². The lowest BCUT2D eigenvalue weighted by atomic mass is 10.0. The molecule has 0 radical (unpaired) electrons. The number of aromatic nitrogens is 1. The van der Waals surface area contributed by atoms with Crippen LogP contribution >= 0.6 is 0 Å². The van der Waals surface area contributed by atoms with Crippen LogP contribution in [0.4, 0.5) is 4.79 Å². The van der Waals surface area contributed by atoms with E-state index in [9.17, 15) is 9.59 Å². The van der Waals surface area contributed by atoms with Crippen molar-refractivity contribution in [2.24, 2.45) is 0 Å². The predicted molar refractivity (Wildman–Crippen MR) is 142 cm³/mol. The summed E-state index contributed by atoms with van der Waals surface area (Å²) in [5.74, 6) is -0.434. The number of rotatable bonds is 12. The van der Waals surface area contributed by atoms with Crippen LogP contribution in [-0.2, 0) is 33.9 Å². The maximum absolute atomic E-state index is 13.1. The van der Waals surface area contributed by atoms with E-state index >= 15 is 0 Å². The molecule has 0 bridgehead atoms. The molecule has 0 aliphatic carbocycles. The molecule has 1 aromatic heterocycles. The van der Waals surface area contributed by atoms with Gasteiger partial charge in [-0.2, -0.15) is 0 Å². The second kappa shape index (κ2) is 13.1. The first-order valence-electron chi connectivity index (χ1n) is 12.8. The van der Waals surface area contributed by atoms with Crippen molar-refractivity contribution in [3.05, 3.63) is 71.9 Å². The summed E-state index contributed by atoms with van der Waals surface area (Å²) in [6.07, 6.45) is 6.45. The van der Waals surface area contributed by atoms with Crippen LogP contribution in [0.3, 0.4) is 0 Å². The van der Waals surface area contributed by atoms with Gasteiger partial charge in [-0.1, -0.05) is 74.7 Å². The largest absolute Gasteiger partial charge is 0.444 e. The highest BCUT2D eigenvalue weighted by Gasteiger charge is 2.26. The highest BCUT2D eigenvalue weighted by molar-refractivity contribution is 5.88. The number of amides is 2. The number of nitrogens with zero attached hydrogens (tertiary/aromatic N) is 1. The number of hydrogen-bond acceptors (Lipinski definition) is 4. The van der Waals surface area contributed by atoms with Crippen molar-refractivity contribution in [3.8, 4) is 0 Å². The number of aryl methyl sites for hydroxylation is 1. The highest BCUT2D eigenvalue weighted by Crippen LogP contribution is 2.24. The van der Waals surface area contributed by atoms with E-state index < -0.39 is 23.6 Å². The minimum Gasteiger partial charge on any atom is -0.444 e. The molecule has 2 N–H and O–H groups in total. The van der Waals surface area contributed by atoms with Crippen LogP contribution in [0.1, 0.15) is 64.5 Å². The van der Waals surface area contributed by atoms with Gasteiger partial charge >= 0.3 is 6.09 Å². The average molecular weight is 494 g/mol. The topological polar surface area (TPSA) is 81.6 Å². The van der Waals surface area contributed by atoms with Crippen molar-refractivity contribution < 1.29 is 19.2 Å². The fourth-order valence-corrected chi connectivity index (χ4v) is 4.09. The number of unbranched alkanes of at least 4 members (excludes halogenated alkanes) is 3. The number of hydrogen-bond donors (Lipinski definition) is 2. The van der Waals surface area contributed by atoms with Gasteiger partial charge in [-0.3, -0.25) is 9.63 Å². The molecule has 0 unspecified atom stereocenters. The Kier molecular flexibility index (Phi) is 9.94. The molecule has 0 aliphatic rings. The monoisotopic (exact) mass is 493 g/mol. The summed E-state index contributed by atoms with van der Waals surface area (Å²) in [4.78, 5) is 31.1. The van der Waals surface area contributed by atoms with Crippen LogP contribution in [0.5, 0.6) is 0 Å². The molecule has 0 fully saturated rings. The molecule has 0 spiro atoms. The van der Waals surface area contributed by atoms with Gasteiger partial charge in [0.05, 0.1) is 6.61 Å². The Balaban J connectivity index is 1.76. The summed E-state index contributed by atoms with van der Waals surface area (Å²) in [6.45, 7) is 8.71. The first kappa shape index (κ1) is 27.3. The van der Waals surface area contributed by atoms with Crippen LogP contribution in [0.15, 0.2) is 60.8 Å². The quantitative estimate of drug-likeness (QED) is 0.243. The van der Waals surface area contributed by atoms with Crippen molar-refractivity contribution in [1.82, 2.24) is 15.4 Å². The Morgan fingerprint density at radius 3 is 2.42 bits per heavy atom. The van der Waals surface area contributed by atoms with E-state index in [2.05, 4.69) is 40.6 Å². The molecule has 0 saturated carbocycles. The molecule has 7 nitrogen and oxygen atoms in total. The molecular formula is C29H39N3O4. The minimum atomic E-state index is -0.866. The van der Waals surface area contributed by atoms with Crippen molar-refractivity contribution in [1.29, 1.82) is 0 Å². The van der Waals surface area contributed by atoms with Crippen LogP contribution in [0, 0.1) is 0 Å². The summed E-state index contributed by atoms with van der Waals surface area (Å²) in [5, 5.41) is 3.81. The third-order valence-electron chi connectivity index (χ3n) is 5.81. The molecule has 2 amide bonds.